The van der Waals surface area contributed by atoms with Crippen LogP contribution in [0.5, 0.6) is 0 Å². The standard InChI is InChI=1S/C10H16N4O2S/c1-7(17(3)16)6-12-9-5-4-8(13-14-9)10(15)11-2/h4-5,7H,6H2,1-3H3,(H,11,15)(H,12,14). The van der Waals surface area contributed by atoms with Crippen molar-refractivity contribution in [2.45, 2.75) is 12.2 Å². The molecule has 94 valence electrons. The number of hydrogen-bond acceptors (Lipinski definition) is 5. The predicted octanol–water partition coefficient (Wildman–Crippen LogP) is 0.0151. The molecule has 1 aromatic rings. The summed E-state index contributed by atoms with van der Waals surface area (Å²) in [7, 11) is 0.664. The second-order valence-electron chi connectivity index (χ2n) is 3.57. The summed E-state index contributed by atoms with van der Waals surface area (Å²) in [6.45, 7) is 2.44. The molecule has 0 spiro atoms. The SMILES string of the molecule is CNC(=O)c1ccc(NCC(C)S(C)=O)nn1. The molecule has 0 bridgehead atoms. The van der Waals surface area contributed by atoms with Crippen molar-refractivity contribution >= 4 is 22.5 Å². The van der Waals surface area contributed by atoms with Crippen LogP contribution in [0.3, 0.4) is 0 Å². The van der Waals surface area contributed by atoms with Gasteiger partial charge in [-0.3, -0.25) is 9.00 Å². The van der Waals surface area contributed by atoms with Gasteiger partial charge in [-0.05, 0) is 19.1 Å². The fourth-order valence-electron chi connectivity index (χ4n) is 1.04. The second-order valence-corrected chi connectivity index (χ2v) is 5.37. The van der Waals surface area contributed by atoms with Crippen molar-refractivity contribution in [1.82, 2.24) is 15.5 Å². The second kappa shape index (κ2) is 6.29. The molecule has 1 amide bonds. The summed E-state index contributed by atoms with van der Waals surface area (Å²) in [5, 5.41) is 13.1. The zero-order valence-electron chi connectivity index (χ0n) is 10.1. The number of aromatic nitrogens is 2. The van der Waals surface area contributed by atoms with Gasteiger partial charge < -0.3 is 10.6 Å². The van der Waals surface area contributed by atoms with E-state index < -0.39 is 10.8 Å². The minimum absolute atomic E-state index is 0.0374. The fourth-order valence-corrected chi connectivity index (χ4v) is 1.36. The summed E-state index contributed by atoms with van der Waals surface area (Å²) in [6.07, 6.45) is 1.66. The summed E-state index contributed by atoms with van der Waals surface area (Å²) < 4.78 is 11.1. The van der Waals surface area contributed by atoms with Gasteiger partial charge >= 0.3 is 0 Å². The van der Waals surface area contributed by atoms with E-state index in [0.29, 0.717) is 12.4 Å². The van der Waals surface area contributed by atoms with Crippen LogP contribution in [0.15, 0.2) is 12.1 Å². The molecule has 0 fully saturated rings. The largest absolute Gasteiger partial charge is 0.367 e. The highest BCUT2D eigenvalue weighted by atomic mass is 32.2. The van der Waals surface area contributed by atoms with Gasteiger partial charge in [0.05, 0.1) is 0 Å². The van der Waals surface area contributed by atoms with E-state index in [4.69, 9.17) is 0 Å². The smallest absolute Gasteiger partial charge is 0.271 e. The van der Waals surface area contributed by atoms with Crippen LogP contribution in [0, 0.1) is 0 Å². The molecule has 1 aromatic heterocycles. The zero-order chi connectivity index (χ0) is 12.8. The van der Waals surface area contributed by atoms with E-state index in [1.165, 1.54) is 7.05 Å². The Morgan fingerprint density at radius 1 is 1.47 bits per heavy atom. The molecule has 0 aliphatic rings. The molecule has 1 heterocycles. The van der Waals surface area contributed by atoms with E-state index in [9.17, 15) is 9.00 Å². The van der Waals surface area contributed by atoms with E-state index in [1.807, 2.05) is 6.92 Å². The quantitative estimate of drug-likeness (QED) is 0.775. The molecular weight excluding hydrogens is 240 g/mol. The topological polar surface area (TPSA) is 84.0 Å². The first-order valence-corrected chi connectivity index (χ1v) is 6.78. The Morgan fingerprint density at radius 2 is 2.18 bits per heavy atom. The molecule has 2 atom stereocenters. The van der Waals surface area contributed by atoms with Crippen molar-refractivity contribution in [2.75, 3.05) is 25.2 Å². The molecule has 6 nitrogen and oxygen atoms in total. The summed E-state index contributed by atoms with van der Waals surface area (Å²) in [6, 6.07) is 3.25. The molecule has 17 heavy (non-hydrogen) atoms. The molecular formula is C10H16N4O2S. The van der Waals surface area contributed by atoms with Crippen LogP contribution in [0.25, 0.3) is 0 Å². The summed E-state index contributed by atoms with van der Waals surface area (Å²) in [5.41, 5.74) is 0.269. The molecule has 2 N–H and O–H groups in total. The molecule has 0 aliphatic carbocycles. The summed E-state index contributed by atoms with van der Waals surface area (Å²) >= 11 is 0. The van der Waals surface area contributed by atoms with Gasteiger partial charge in [-0.15, -0.1) is 10.2 Å². The van der Waals surface area contributed by atoms with Gasteiger partial charge in [0.2, 0.25) is 0 Å². The number of anilines is 1. The first-order valence-electron chi connectivity index (χ1n) is 5.16. The number of nitrogens with zero attached hydrogens (tertiary/aromatic N) is 2. The van der Waals surface area contributed by atoms with E-state index in [1.54, 1.807) is 18.4 Å². The molecule has 0 aromatic carbocycles. The third kappa shape index (κ3) is 4.10. The summed E-state index contributed by atoms with van der Waals surface area (Å²) in [4.78, 5) is 11.2. The highest BCUT2D eigenvalue weighted by Gasteiger charge is 2.08. The predicted molar refractivity (Wildman–Crippen MR) is 67.4 cm³/mol. The third-order valence-electron chi connectivity index (χ3n) is 2.26. The maximum absolute atomic E-state index is 11.2. The van der Waals surface area contributed by atoms with Crippen LogP contribution in [0.4, 0.5) is 5.82 Å². The van der Waals surface area contributed by atoms with Crippen molar-refractivity contribution < 1.29 is 9.00 Å². The Morgan fingerprint density at radius 3 is 2.65 bits per heavy atom. The minimum Gasteiger partial charge on any atom is -0.367 e. The van der Waals surface area contributed by atoms with Crippen molar-refractivity contribution in [3.63, 3.8) is 0 Å². The number of carbonyl (C=O) groups excluding carboxylic acids is 1. The van der Waals surface area contributed by atoms with Gasteiger partial charge in [0.15, 0.2) is 5.69 Å². The van der Waals surface area contributed by atoms with Crippen LogP contribution in [-0.2, 0) is 10.8 Å². The van der Waals surface area contributed by atoms with Gasteiger partial charge in [-0.2, -0.15) is 0 Å². The number of nitrogens with one attached hydrogen (secondary N) is 2. The van der Waals surface area contributed by atoms with Gasteiger partial charge in [-0.1, -0.05) is 0 Å². The minimum atomic E-state index is -0.872. The van der Waals surface area contributed by atoms with Gasteiger partial charge in [-0.25, -0.2) is 0 Å². The Balaban J connectivity index is 2.57. The van der Waals surface area contributed by atoms with Gasteiger partial charge in [0, 0.05) is 35.9 Å². The monoisotopic (exact) mass is 256 g/mol. The van der Waals surface area contributed by atoms with Crippen molar-refractivity contribution in [2.24, 2.45) is 0 Å². The van der Waals surface area contributed by atoms with Gasteiger partial charge in [0.1, 0.15) is 5.82 Å². The maximum Gasteiger partial charge on any atom is 0.271 e. The van der Waals surface area contributed by atoms with Crippen LogP contribution in [-0.4, -0.2) is 45.4 Å². The van der Waals surface area contributed by atoms with Crippen LogP contribution < -0.4 is 10.6 Å². The molecule has 0 radical (unpaired) electrons. The molecule has 7 heteroatoms. The highest BCUT2D eigenvalue weighted by Crippen LogP contribution is 2.03. The van der Waals surface area contributed by atoms with Crippen molar-refractivity contribution in [3.8, 4) is 0 Å². The number of rotatable bonds is 5. The third-order valence-corrected chi connectivity index (χ3v) is 3.56. The lowest BCUT2D eigenvalue weighted by atomic mass is 10.3. The van der Waals surface area contributed by atoms with E-state index in [2.05, 4.69) is 20.8 Å². The molecule has 1 rings (SSSR count). The van der Waals surface area contributed by atoms with Crippen LogP contribution >= 0.6 is 0 Å². The van der Waals surface area contributed by atoms with Crippen molar-refractivity contribution in [1.29, 1.82) is 0 Å². The first kappa shape index (κ1) is 13.6. The van der Waals surface area contributed by atoms with E-state index >= 15 is 0 Å². The van der Waals surface area contributed by atoms with Crippen molar-refractivity contribution in [3.05, 3.63) is 17.8 Å². The average molecular weight is 256 g/mol. The van der Waals surface area contributed by atoms with Crippen LogP contribution in [0.2, 0.25) is 0 Å². The Hall–Kier alpha value is -1.50. The van der Waals surface area contributed by atoms with E-state index in [-0.39, 0.29) is 16.9 Å². The Kier molecular flexibility index (Phi) is 5.02. The van der Waals surface area contributed by atoms with E-state index in [0.717, 1.165) is 0 Å². The maximum atomic E-state index is 11.2. The molecule has 0 aliphatic heterocycles. The Labute approximate surface area is 103 Å². The number of carbonyl (C=O) groups is 1. The van der Waals surface area contributed by atoms with Gasteiger partial charge in [0.25, 0.3) is 5.91 Å². The first-order chi connectivity index (χ1) is 8.04. The molecule has 0 saturated carbocycles. The summed E-state index contributed by atoms with van der Waals surface area (Å²) in [5.74, 6) is 0.294. The van der Waals surface area contributed by atoms with Crippen LogP contribution in [0.1, 0.15) is 17.4 Å². The normalized spacial score (nSPS) is 13.8. The average Bonchev–Trinajstić information content (AvgIpc) is 2.35. The lowest BCUT2D eigenvalue weighted by molar-refractivity contribution is 0.0957. The lowest BCUT2D eigenvalue weighted by Gasteiger charge is -2.09. The zero-order valence-corrected chi connectivity index (χ0v) is 10.9. The highest BCUT2D eigenvalue weighted by molar-refractivity contribution is 7.84. The molecule has 0 saturated heterocycles. The Bertz CT molecular complexity index is 407. The number of hydrogen-bond donors (Lipinski definition) is 2. The lowest BCUT2D eigenvalue weighted by Crippen LogP contribution is -2.22. The molecule has 2 unspecified atom stereocenters. The fraction of sp³-hybridized carbons (Fsp3) is 0.500. The number of amides is 1.